The molecule has 17 heavy (non-hydrogen) atoms. The van der Waals surface area contributed by atoms with Crippen LogP contribution in [0.15, 0.2) is 0 Å². The summed E-state index contributed by atoms with van der Waals surface area (Å²) in [6.45, 7) is 3.15. The van der Waals surface area contributed by atoms with E-state index in [9.17, 15) is 8.42 Å². The Morgan fingerprint density at radius 3 is 2.29 bits per heavy atom. The Kier molecular flexibility index (Phi) is 5.70. The molecule has 1 rings (SSSR count). The van der Waals surface area contributed by atoms with Crippen LogP contribution in [0.1, 0.15) is 19.8 Å². The molecule has 1 aliphatic heterocycles. The first-order valence-corrected chi connectivity index (χ1v) is 8.21. The van der Waals surface area contributed by atoms with Gasteiger partial charge in [-0.2, -0.15) is 0 Å². The zero-order valence-corrected chi connectivity index (χ0v) is 12.5. The molecule has 0 aromatic carbocycles. The topological polar surface area (TPSA) is 40.6 Å². The Balaban J connectivity index is 2.53. The largest absolute Gasteiger partial charge is 0.306 e. The van der Waals surface area contributed by atoms with Crippen LogP contribution in [0.4, 0.5) is 0 Å². The predicted octanol–water partition coefficient (Wildman–Crippen LogP) is 1.22. The smallest absolute Gasteiger partial charge is 0.214 e. The van der Waals surface area contributed by atoms with Gasteiger partial charge in [0, 0.05) is 25.0 Å². The van der Waals surface area contributed by atoms with Crippen molar-refractivity contribution in [1.82, 2.24) is 9.21 Å². The lowest BCUT2D eigenvalue weighted by molar-refractivity contribution is 0.196. The first-order chi connectivity index (χ1) is 7.86. The number of sulfonamides is 1. The molecule has 0 spiro atoms. The van der Waals surface area contributed by atoms with Crippen LogP contribution in [0.5, 0.6) is 0 Å². The molecule has 0 radical (unpaired) electrons. The summed E-state index contributed by atoms with van der Waals surface area (Å²) in [5.74, 6) is 0.588. The van der Waals surface area contributed by atoms with Crippen molar-refractivity contribution in [2.75, 3.05) is 38.8 Å². The van der Waals surface area contributed by atoms with E-state index in [1.165, 1.54) is 0 Å². The Labute approximate surface area is 110 Å². The van der Waals surface area contributed by atoms with Crippen LogP contribution in [0.3, 0.4) is 0 Å². The molecule has 1 aliphatic rings. The standard InChI is InChI=1S/C11H23ClN2O2S/c1-10(8-12)9-17(15,16)14-6-4-11(5-7-14)13(2)3/h10-11H,4-9H2,1-3H3. The summed E-state index contributed by atoms with van der Waals surface area (Å²) in [7, 11) is 0.979. The van der Waals surface area contributed by atoms with Crippen molar-refractivity contribution in [3.8, 4) is 0 Å². The van der Waals surface area contributed by atoms with Crippen LogP contribution >= 0.6 is 11.6 Å². The third-order valence-corrected chi connectivity index (χ3v) is 5.97. The van der Waals surface area contributed by atoms with Gasteiger partial charge in [0.25, 0.3) is 0 Å². The van der Waals surface area contributed by atoms with Crippen molar-refractivity contribution in [1.29, 1.82) is 0 Å². The highest BCUT2D eigenvalue weighted by atomic mass is 35.5. The molecule has 6 heteroatoms. The lowest BCUT2D eigenvalue weighted by atomic mass is 10.1. The summed E-state index contributed by atoms with van der Waals surface area (Å²) in [5.41, 5.74) is 0. The summed E-state index contributed by atoms with van der Waals surface area (Å²) in [4.78, 5) is 2.17. The van der Waals surface area contributed by atoms with E-state index in [-0.39, 0.29) is 11.7 Å². The zero-order valence-electron chi connectivity index (χ0n) is 10.9. The fourth-order valence-corrected chi connectivity index (χ4v) is 4.20. The van der Waals surface area contributed by atoms with Crippen molar-refractivity contribution < 1.29 is 8.42 Å². The van der Waals surface area contributed by atoms with E-state index in [1.54, 1.807) is 4.31 Å². The van der Waals surface area contributed by atoms with Crippen molar-refractivity contribution in [2.45, 2.75) is 25.8 Å². The van der Waals surface area contributed by atoms with Crippen molar-refractivity contribution >= 4 is 21.6 Å². The number of hydrogen-bond donors (Lipinski definition) is 0. The monoisotopic (exact) mass is 282 g/mol. The van der Waals surface area contributed by atoms with Gasteiger partial charge in [-0.3, -0.25) is 0 Å². The summed E-state index contributed by atoms with van der Waals surface area (Å²) < 4.78 is 25.8. The van der Waals surface area contributed by atoms with Gasteiger partial charge in [-0.15, -0.1) is 11.6 Å². The first kappa shape index (κ1) is 15.2. The molecule has 0 aliphatic carbocycles. The maximum atomic E-state index is 12.1. The van der Waals surface area contributed by atoms with E-state index < -0.39 is 10.0 Å². The van der Waals surface area contributed by atoms with Crippen molar-refractivity contribution in [3.05, 3.63) is 0 Å². The molecular formula is C11H23ClN2O2S. The number of hydrogen-bond acceptors (Lipinski definition) is 3. The third-order valence-electron chi connectivity index (χ3n) is 3.31. The van der Waals surface area contributed by atoms with Gasteiger partial charge in [0.15, 0.2) is 0 Å². The Bertz CT molecular complexity index is 324. The van der Waals surface area contributed by atoms with Crippen LogP contribution in [-0.4, -0.2) is 62.5 Å². The fourth-order valence-electron chi connectivity index (χ4n) is 2.15. The van der Waals surface area contributed by atoms with Gasteiger partial charge in [0.1, 0.15) is 0 Å². The summed E-state index contributed by atoms with van der Waals surface area (Å²) >= 11 is 5.67. The highest BCUT2D eigenvalue weighted by molar-refractivity contribution is 7.89. The first-order valence-electron chi connectivity index (χ1n) is 6.07. The molecule has 102 valence electrons. The Morgan fingerprint density at radius 1 is 1.35 bits per heavy atom. The van der Waals surface area contributed by atoms with E-state index in [0.717, 1.165) is 12.8 Å². The van der Waals surface area contributed by atoms with Gasteiger partial charge >= 0.3 is 0 Å². The van der Waals surface area contributed by atoms with E-state index in [4.69, 9.17) is 11.6 Å². The fraction of sp³-hybridized carbons (Fsp3) is 1.00. The van der Waals surface area contributed by atoms with E-state index in [0.29, 0.717) is 25.0 Å². The van der Waals surface area contributed by atoms with Crippen LogP contribution < -0.4 is 0 Å². The third kappa shape index (κ3) is 4.39. The second kappa shape index (κ2) is 6.36. The van der Waals surface area contributed by atoms with Crippen molar-refractivity contribution in [2.24, 2.45) is 5.92 Å². The number of piperidine rings is 1. The maximum absolute atomic E-state index is 12.1. The lowest BCUT2D eigenvalue weighted by Gasteiger charge is -2.34. The highest BCUT2D eigenvalue weighted by Crippen LogP contribution is 2.18. The van der Waals surface area contributed by atoms with Gasteiger partial charge < -0.3 is 4.90 Å². The summed E-state index contributed by atoms with van der Waals surface area (Å²) in [5, 5.41) is 0. The number of alkyl halides is 1. The normalized spacial score (nSPS) is 21.9. The molecule has 1 fully saturated rings. The van der Waals surface area contributed by atoms with Crippen LogP contribution in [0.25, 0.3) is 0 Å². The minimum absolute atomic E-state index is 0.0215. The van der Waals surface area contributed by atoms with Crippen molar-refractivity contribution in [3.63, 3.8) is 0 Å². The molecule has 0 aromatic rings. The van der Waals surface area contributed by atoms with Gasteiger partial charge in [-0.05, 0) is 32.9 Å². The second-order valence-corrected chi connectivity index (χ2v) is 7.45. The van der Waals surface area contributed by atoms with E-state index >= 15 is 0 Å². The average Bonchev–Trinajstić information content (AvgIpc) is 2.28. The summed E-state index contributed by atoms with van der Waals surface area (Å²) in [6, 6.07) is 0.506. The molecule has 1 atom stereocenters. The van der Waals surface area contributed by atoms with E-state index in [1.807, 2.05) is 21.0 Å². The number of halogens is 1. The number of rotatable bonds is 5. The van der Waals surface area contributed by atoms with E-state index in [2.05, 4.69) is 4.90 Å². The molecule has 0 amide bonds. The van der Waals surface area contributed by atoms with Gasteiger partial charge in [-0.1, -0.05) is 6.92 Å². The molecule has 0 saturated carbocycles. The molecule has 0 aromatic heterocycles. The average molecular weight is 283 g/mol. The Morgan fingerprint density at radius 2 is 1.88 bits per heavy atom. The van der Waals surface area contributed by atoms with Crippen LogP contribution in [0.2, 0.25) is 0 Å². The van der Waals surface area contributed by atoms with Gasteiger partial charge in [0.2, 0.25) is 10.0 Å². The second-order valence-electron chi connectivity index (χ2n) is 5.13. The minimum atomic E-state index is -3.11. The molecule has 1 unspecified atom stereocenters. The molecular weight excluding hydrogens is 260 g/mol. The lowest BCUT2D eigenvalue weighted by Crippen LogP contribution is -2.45. The number of nitrogens with zero attached hydrogens (tertiary/aromatic N) is 2. The molecule has 1 saturated heterocycles. The molecule has 1 heterocycles. The SMILES string of the molecule is CC(CCl)CS(=O)(=O)N1CCC(N(C)C)CC1. The summed E-state index contributed by atoms with van der Waals surface area (Å²) in [6.07, 6.45) is 1.84. The zero-order chi connectivity index (χ0) is 13.1. The quantitative estimate of drug-likeness (QED) is 0.712. The molecule has 0 N–H and O–H groups in total. The predicted molar refractivity (Wildman–Crippen MR) is 72.0 cm³/mol. The van der Waals surface area contributed by atoms with Crippen LogP contribution in [-0.2, 0) is 10.0 Å². The Hall–Kier alpha value is 0.160. The highest BCUT2D eigenvalue weighted by Gasteiger charge is 2.29. The van der Waals surface area contributed by atoms with Crippen LogP contribution in [0, 0.1) is 5.92 Å². The molecule has 4 nitrogen and oxygen atoms in total. The maximum Gasteiger partial charge on any atom is 0.214 e. The minimum Gasteiger partial charge on any atom is -0.306 e. The molecule has 0 bridgehead atoms. The van der Waals surface area contributed by atoms with Gasteiger partial charge in [0.05, 0.1) is 5.75 Å². The van der Waals surface area contributed by atoms with Gasteiger partial charge in [-0.25, -0.2) is 12.7 Å².